The molecule has 1 aliphatic carbocycles. The Hall–Kier alpha value is -2.07. The van der Waals surface area contributed by atoms with Gasteiger partial charge in [0, 0.05) is 22.9 Å². The summed E-state index contributed by atoms with van der Waals surface area (Å²) in [5.74, 6) is -0.392. The van der Waals surface area contributed by atoms with Crippen LogP contribution in [0.3, 0.4) is 0 Å². The van der Waals surface area contributed by atoms with Crippen molar-refractivity contribution in [3.63, 3.8) is 0 Å². The second kappa shape index (κ2) is 4.66. The Balaban J connectivity index is 2.63. The molecule has 0 unspecified atom stereocenters. The number of ketones is 2. The number of aliphatic hydroxyl groups is 1. The summed E-state index contributed by atoms with van der Waals surface area (Å²) in [6.45, 7) is 3.01. The Labute approximate surface area is 105 Å². The third-order valence-corrected chi connectivity index (χ3v) is 2.97. The summed E-state index contributed by atoms with van der Waals surface area (Å²) in [5, 5.41) is 9.27. The van der Waals surface area contributed by atoms with Crippen LogP contribution in [0.4, 0.5) is 0 Å². The van der Waals surface area contributed by atoms with Crippen LogP contribution in [0.25, 0.3) is 5.57 Å². The highest BCUT2D eigenvalue weighted by Gasteiger charge is 2.26. The zero-order chi connectivity index (χ0) is 13.3. The lowest BCUT2D eigenvalue weighted by atomic mass is 9.88. The van der Waals surface area contributed by atoms with Crippen molar-refractivity contribution in [1.29, 1.82) is 0 Å². The van der Waals surface area contributed by atoms with E-state index in [-0.39, 0.29) is 23.7 Å². The van der Waals surface area contributed by atoms with Gasteiger partial charge in [0.05, 0.1) is 17.9 Å². The molecule has 0 amide bonds. The lowest BCUT2D eigenvalue weighted by Gasteiger charge is -2.15. The van der Waals surface area contributed by atoms with Crippen molar-refractivity contribution in [3.8, 4) is 0 Å². The first-order chi connectivity index (χ1) is 8.56. The van der Waals surface area contributed by atoms with E-state index < -0.39 is 0 Å². The second-order valence-electron chi connectivity index (χ2n) is 4.19. The Bertz CT molecular complexity index is 597. The van der Waals surface area contributed by atoms with Gasteiger partial charge < -0.3 is 5.11 Å². The average Bonchev–Trinajstić information content (AvgIpc) is 2.37. The second-order valence-corrected chi connectivity index (χ2v) is 4.19. The Morgan fingerprint density at radius 2 is 2.00 bits per heavy atom. The van der Waals surface area contributed by atoms with Crippen LogP contribution in [0, 0.1) is 0 Å². The molecule has 0 aliphatic heterocycles. The van der Waals surface area contributed by atoms with Gasteiger partial charge >= 0.3 is 0 Å². The van der Waals surface area contributed by atoms with Crippen molar-refractivity contribution in [2.45, 2.75) is 20.5 Å². The van der Waals surface area contributed by atoms with Crippen molar-refractivity contribution >= 4 is 17.1 Å². The van der Waals surface area contributed by atoms with Gasteiger partial charge in [-0.3, -0.25) is 14.6 Å². The molecule has 2 rings (SSSR count). The molecule has 1 aliphatic rings. The van der Waals surface area contributed by atoms with Gasteiger partial charge in [0.25, 0.3) is 0 Å². The van der Waals surface area contributed by atoms with Gasteiger partial charge in [-0.25, -0.2) is 0 Å². The molecule has 0 aromatic carbocycles. The molecule has 1 aromatic heterocycles. The number of aliphatic hydroxyl groups excluding tert-OH is 1. The topological polar surface area (TPSA) is 67.3 Å². The molecule has 4 heteroatoms. The van der Waals surface area contributed by atoms with E-state index in [0.717, 1.165) is 0 Å². The van der Waals surface area contributed by atoms with Gasteiger partial charge in [-0.15, -0.1) is 0 Å². The van der Waals surface area contributed by atoms with Gasteiger partial charge in [-0.05, 0) is 26.0 Å². The Kier molecular flexibility index (Phi) is 3.21. The predicted molar refractivity (Wildman–Crippen MR) is 66.5 cm³/mol. The summed E-state index contributed by atoms with van der Waals surface area (Å²) in [6.07, 6.45) is 2.86. The molecule has 1 aromatic rings. The number of carbonyl (C=O) groups excluding carboxylic acids is 2. The first kappa shape index (κ1) is 12.4. The number of rotatable bonds is 2. The fraction of sp³-hybridized carbons (Fsp3) is 0.214. The number of allylic oxidation sites excluding steroid dienone is 4. The highest BCUT2D eigenvalue weighted by molar-refractivity contribution is 6.36. The van der Waals surface area contributed by atoms with Crippen LogP contribution < -0.4 is 0 Å². The minimum atomic E-state index is -0.238. The molecule has 18 heavy (non-hydrogen) atoms. The zero-order valence-electron chi connectivity index (χ0n) is 10.2. The molecule has 0 fully saturated rings. The highest BCUT2D eigenvalue weighted by atomic mass is 16.3. The van der Waals surface area contributed by atoms with Crippen LogP contribution in [-0.4, -0.2) is 21.7 Å². The normalized spacial score (nSPS) is 16.1. The number of nitrogens with zero attached hydrogens (tertiary/aromatic N) is 1. The maximum absolute atomic E-state index is 12.0. The van der Waals surface area contributed by atoms with E-state index >= 15 is 0 Å². The van der Waals surface area contributed by atoms with E-state index in [1.54, 1.807) is 26.0 Å². The maximum Gasteiger partial charge on any atom is 0.188 e. The van der Waals surface area contributed by atoms with E-state index in [4.69, 9.17) is 0 Å². The fourth-order valence-electron chi connectivity index (χ4n) is 2.01. The minimum Gasteiger partial charge on any atom is -0.392 e. The van der Waals surface area contributed by atoms with Crippen LogP contribution in [0.15, 0.2) is 35.6 Å². The van der Waals surface area contributed by atoms with Crippen molar-refractivity contribution in [2.24, 2.45) is 0 Å². The summed E-state index contributed by atoms with van der Waals surface area (Å²) in [7, 11) is 0. The Morgan fingerprint density at radius 3 is 2.67 bits per heavy atom. The molecule has 4 nitrogen and oxygen atoms in total. The van der Waals surface area contributed by atoms with Crippen molar-refractivity contribution in [2.75, 3.05) is 0 Å². The van der Waals surface area contributed by atoms with E-state index in [9.17, 15) is 14.7 Å². The van der Waals surface area contributed by atoms with Gasteiger partial charge in [-0.2, -0.15) is 0 Å². The molecule has 0 bridgehead atoms. The summed E-state index contributed by atoms with van der Waals surface area (Å²) in [5.41, 5.74) is 2.03. The van der Waals surface area contributed by atoms with E-state index in [1.165, 1.54) is 12.3 Å². The summed E-state index contributed by atoms with van der Waals surface area (Å²) in [6, 6.07) is 3.37. The quantitative estimate of drug-likeness (QED) is 0.798. The number of pyridine rings is 1. The van der Waals surface area contributed by atoms with Gasteiger partial charge in [0.2, 0.25) is 0 Å². The minimum absolute atomic E-state index is 0.154. The first-order valence-electron chi connectivity index (χ1n) is 5.59. The van der Waals surface area contributed by atoms with Crippen LogP contribution >= 0.6 is 0 Å². The molecular weight excluding hydrogens is 230 g/mol. The van der Waals surface area contributed by atoms with Crippen molar-refractivity contribution < 1.29 is 14.7 Å². The zero-order valence-corrected chi connectivity index (χ0v) is 10.2. The molecule has 0 saturated carbocycles. The number of carbonyl (C=O) groups is 2. The van der Waals surface area contributed by atoms with Gasteiger partial charge in [0.1, 0.15) is 0 Å². The predicted octanol–water partition coefficient (Wildman–Crippen LogP) is 1.45. The number of aromatic nitrogens is 1. The summed E-state index contributed by atoms with van der Waals surface area (Å²) in [4.78, 5) is 28.0. The molecule has 0 spiro atoms. The van der Waals surface area contributed by atoms with Crippen LogP contribution in [0.5, 0.6) is 0 Å². The van der Waals surface area contributed by atoms with E-state index in [0.29, 0.717) is 22.4 Å². The first-order valence-corrected chi connectivity index (χ1v) is 5.59. The molecule has 0 saturated heterocycles. The standard InChI is InChI=1S/C14H13NO3/c1-8-6-11(17)12(9(2)14(8)18)13-10(7-16)4-3-5-15-13/h3-6,16H,7H2,1-2H3. The van der Waals surface area contributed by atoms with Crippen LogP contribution in [-0.2, 0) is 16.2 Å². The molecule has 0 atom stereocenters. The van der Waals surface area contributed by atoms with Crippen molar-refractivity contribution in [3.05, 3.63) is 46.8 Å². The smallest absolute Gasteiger partial charge is 0.188 e. The van der Waals surface area contributed by atoms with E-state index in [2.05, 4.69) is 4.98 Å². The fourth-order valence-corrected chi connectivity index (χ4v) is 2.01. The molecule has 1 N–H and O–H groups in total. The van der Waals surface area contributed by atoms with Gasteiger partial charge in [-0.1, -0.05) is 6.07 Å². The molecule has 0 radical (unpaired) electrons. The Morgan fingerprint density at radius 1 is 1.28 bits per heavy atom. The number of hydrogen-bond donors (Lipinski definition) is 1. The van der Waals surface area contributed by atoms with Gasteiger partial charge in [0.15, 0.2) is 11.6 Å². The maximum atomic E-state index is 12.0. The molecular formula is C14H13NO3. The number of hydrogen-bond acceptors (Lipinski definition) is 4. The lowest BCUT2D eigenvalue weighted by Crippen LogP contribution is -2.17. The highest BCUT2D eigenvalue weighted by Crippen LogP contribution is 2.27. The van der Waals surface area contributed by atoms with E-state index in [1.807, 2.05) is 0 Å². The largest absolute Gasteiger partial charge is 0.392 e. The lowest BCUT2D eigenvalue weighted by molar-refractivity contribution is -0.114. The molecule has 1 heterocycles. The number of Topliss-reactive ketones (excluding diaryl/α,β-unsaturated/α-hetero) is 1. The summed E-state index contributed by atoms with van der Waals surface area (Å²) >= 11 is 0. The van der Waals surface area contributed by atoms with Crippen LogP contribution in [0.1, 0.15) is 25.1 Å². The monoisotopic (exact) mass is 243 g/mol. The average molecular weight is 243 g/mol. The van der Waals surface area contributed by atoms with Crippen molar-refractivity contribution in [1.82, 2.24) is 4.98 Å². The van der Waals surface area contributed by atoms with Crippen LogP contribution in [0.2, 0.25) is 0 Å². The summed E-state index contributed by atoms with van der Waals surface area (Å²) < 4.78 is 0. The molecule has 92 valence electrons. The third kappa shape index (κ3) is 1.91. The third-order valence-electron chi connectivity index (χ3n) is 2.97. The SMILES string of the molecule is CC1=CC(=O)C(c2ncccc2CO)=C(C)C1=O.